The van der Waals surface area contributed by atoms with Gasteiger partial charge in [-0.2, -0.15) is 0 Å². The molecule has 33 heavy (non-hydrogen) atoms. The Hall–Kier alpha value is -2.46. The highest BCUT2D eigenvalue weighted by Crippen LogP contribution is 2.28. The third-order valence-corrected chi connectivity index (χ3v) is 7.43. The maximum atomic E-state index is 12.9. The number of nitrogens with zero attached hydrogens (tertiary/aromatic N) is 2. The Bertz CT molecular complexity index is 1030. The van der Waals surface area contributed by atoms with Crippen LogP contribution in [0.3, 0.4) is 0 Å². The smallest absolute Gasteiger partial charge is 0.261 e. The molecule has 1 aliphatic heterocycles. The molecule has 0 spiro atoms. The van der Waals surface area contributed by atoms with Gasteiger partial charge in [-0.15, -0.1) is 11.3 Å². The fourth-order valence-corrected chi connectivity index (χ4v) is 5.34. The third kappa shape index (κ3) is 5.55. The van der Waals surface area contributed by atoms with Crippen molar-refractivity contribution in [1.82, 2.24) is 15.5 Å². The molecule has 8 nitrogen and oxygen atoms in total. The van der Waals surface area contributed by atoms with Crippen LogP contribution in [-0.2, 0) is 4.79 Å². The quantitative estimate of drug-likeness (QED) is 0.574. The fraction of sp³-hybridized carbons (Fsp3) is 0.435. The molecule has 0 unspecified atom stereocenters. The van der Waals surface area contributed by atoms with Gasteiger partial charge in [-0.25, -0.2) is 0 Å². The number of anilines is 1. The van der Waals surface area contributed by atoms with Crippen LogP contribution in [0.15, 0.2) is 36.4 Å². The maximum Gasteiger partial charge on any atom is 0.261 e. The van der Waals surface area contributed by atoms with Crippen LogP contribution in [-0.4, -0.2) is 73.1 Å². The molecule has 3 amide bonds. The molecule has 1 saturated carbocycles. The van der Waals surface area contributed by atoms with Crippen molar-refractivity contribution >= 4 is 46.3 Å². The van der Waals surface area contributed by atoms with Gasteiger partial charge in [0, 0.05) is 43.0 Å². The summed E-state index contributed by atoms with van der Waals surface area (Å²) in [6.07, 6.45) is 1.16. The van der Waals surface area contributed by atoms with Crippen molar-refractivity contribution in [2.24, 2.45) is 5.92 Å². The molecule has 2 fully saturated rings. The van der Waals surface area contributed by atoms with Crippen molar-refractivity contribution in [2.75, 3.05) is 38.2 Å². The van der Waals surface area contributed by atoms with E-state index in [0.717, 1.165) is 12.2 Å². The molecule has 1 aromatic heterocycles. The fourth-order valence-electron chi connectivity index (χ4n) is 4.40. The van der Waals surface area contributed by atoms with Gasteiger partial charge < -0.3 is 20.6 Å². The van der Waals surface area contributed by atoms with E-state index in [1.54, 1.807) is 41.3 Å². The van der Waals surface area contributed by atoms with Crippen LogP contribution in [0.5, 0.6) is 0 Å². The third-order valence-electron chi connectivity index (χ3n) is 6.20. The molecule has 10 heteroatoms. The lowest BCUT2D eigenvalue weighted by atomic mass is 10.1. The van der Waals surface area contributed by atoms with E-state index >= 15 is 0 Å². The number of halogens is 1. The van der Waals surface area contributed by atoms with E-state index in [-0.39, 0.29) is 42.3 Å². The molecule has 1 aromatic carbocycles. The standard InChI is InChI=1S/C23H27ClN4O4S/c1-27-8-9-28(21(30)12-27)16-4-2-15(3-5-16)22(31)25-17-10-14(13-29)11-18(17)26-23(32)19-6-7-20(24)33-19/h2-7,14,17-18,29H,8-13H2,1H3,(H,25,31)(H,26,32)/t14-,17-,18-/m1/s1. The number of aliphatic hydroxyl groups excluding tert-OH is 1. The Morgan fingerprint density at radius 1 is 1.06 bits per heavy atom. The zero-order chi connectivity index (χ0) is 23.5. The first-order valence-corrected chi connectivity index (χ1v) is 12.1. The van der Waals surface area contributed by atoms with Crippen LogP contribution >= 0.6 is 22.9 Å². The summed E-state index contributed by atoms with van der Waals surface area (Å²) in [5.74, 6) is -0.463. The number of hydrogen-bond donors (Lipinski definition) is 3. The van der Waals surface area contributed by atoms with Gasteiger partial charge in [0.15, 0.2) is 0 Å². The number of aliphatic hydroxyl groups is 1. The Kier molecular flexibility index (Phi) is 7.33. The van der Waals surface area contributed by atoms with Crippen LogP contribution in [0.25, 0.3) is 0 Å². The minimum Gasteiger partial charge on any atom is -0.396 e. The number of piperazine rings is 1. The molecular weight excluding hydrogens is 464 g/mol. The highest BCUT2D eigenvalue weighted by Gasteiger charge is 2.36. The Morgan fingerprint density at radius 3 is 2.30 bits per heavy atom. The predicted octanol–water partition coefficient (Wildman–Crippen LogP) is 1.98. The molecule has 2 aromatic rings. The first-order chi connectivity index (χ1) is 15.8. The molecule has 2 heterocycles. The first kappa shape index (κ1) is 23.7. The molecule has 3 atom stereocenters. The lowest BCUT2D eigenvalue weighted by Gasteiger charge is -2.32. The number of amides is 3. The Morgan fingerprint density at radius 2 is 1.73 bits per heavy atom. The van der Waals surface area contributed by atoms with Gasteiger partial charge >= 0.3 is 0 Å². The van der Waals surface area contributed by atoms with E-state index in [4.69, 9.17) is 11.6 Å². The van der Waals surface area contributed by atoms with Crippen molar-refractivity contribution in [3.8, 4) is 0 Å². The van der Waals surface area contributed by atoms with Gasteiger partial charge in [-0.3, -0.25) is 19.3 Å². The molecule has 0 radical (unpaired) electrons. The number of benzene rings is 1. The SMILES string of the molecule is CN1CCN(c2ccc(C(=O)N[C@@H]3C[C@@H](CO)C[C@H]3NC(=O)c3ccc(Cl)s3)cc2)C(=O)C1. The van der Waals surface area contributed by atoms with E-state index in [9.17, 15) is 19.5 Å². The average molecular weight is 491 g/mol. The largest absolute Gasteiger partial charge is 0.396 e. The van der Waals surface area contributed by atoms with Gasteiger partial charge in [0.05, 0.1) is 15.8 Å². The summed E-state index contributed by atoms with van der Waals surface area (Å²) in [5.41, 5.74) is 1.24. The summed E-state index contributed by atoms with van der Waals surface area (Å²) in [5, 5.41) is 15.6. The second-order valence-corrected chi connectivity index (χ2v) is 10.3. The number of carbonyl (C=O) groups excluding carboxylic acids is 3. The number of carbonyl (C=O) groups is 3. The van der Waals surface area contributed by atoms with Gasteiger partial charge in [0.1, 0.15) is 0 Å². The minimum absolute atomic E-state index is 0.00172. The number of nitrogens with one attached hydrogen (secondary N) is 2. The van der Waals surface area contributed by atoms with E-state index < -0.39 is 0 Å². The molecule has 4 rings (SSSR count). The maximum absolute atomic E-state index is 12.9. The van der Waals surface area contributed by atoms with E-state index in [0.29, 0.717) is 40.7 Å². The normalized spacial score (nSPS) is 23.5. The van der Waals surface area contributed by atoms with Crippen molar-refractivity contribution in [3.63, 3.8) is 0 Å². The monoisotopic (exact) mass is 490 g/mol. The molecular formula is C23H27ClN4O4S. The van der Waals surface area contributed by atoms with Gasteiger partial charge in [-0.05, 0) is 62.2 Å². The molecule has 176 valence electrons. The summed E-state index contributed by atoms with van der Waals surface area (Å²) in [6.45, 7) is 1.78. The molecule has 1 saturated heterocycles. The number of rotatable bonds is 6. The average Bonchev–Trinajstić information content (AvgIpc) is 3.40. The Balaban J connectivity index is 1.40. The summed E-state index contributed by atoms with van der Waals surface area (Å²) in [6, 6.07) is 9.72. The molecule has 2 aliphatic rings. The van der Waals surface area contributed by atoms with Crippen LogP contribution in [0.2, 0.25) is 4.34 Å². The van der Waals surface area contributed by atoms with Crippen molar-refractivity contribution < 1.29 is 19.5 Å². The van der Waals surface area contributed by atoms with Gasteiger partial charge in [-0.1, -0.05) is 11.6 Å². The summed E-state index contributed by atoms with van der Waals surface area (Å²) in [4.78, 5) is 42.0. The second-order valence-electron chi connectivity index (χ2n) is 8.61. The van der Waals surface area contributed by atoms with Crippen molar-refractivity contribution in [2.45, 2.75) is 24.9 Å². The number of hydrogen-bond acceptors (Lipinski definition) is 6. The lowest BCUT2D eigenvalue weighted by Crippen LogP contribution is -2.49. The predicted molar refractivity (Wildman–Crippen MR) is 128 cm³/mol. The van der Waals surface area contributed by atoms with Gasteiger partial charge in [0.25, 0.3) is 11.8 Å². The highest BCUT2D eigenvalue weighted by molar-refractivity contribution is 7.18. The first-order valence-electron chi connectivity index (χ1n) is 10.9. The van der Waals surface area contributed by atoms with Gasteiger partial charge in [0.2, 0.25) is 5.91 Å². The van der Waals surface area contributed by atoms with Crippen LogP contribution in [0, 0.1) is 5.92 Å². The number of thiophene rings is 1. The topological polar surface area (TPSA) is 102 Å². The molecule has 0 bridgehead atoms. The Labute approximate surface area is 201 Å². The zero-order valence-electron chi connectivity index (χ0n) is 18.3. The van der Waals surface area contributed by atoms with Crippen LogP contribution in [0.1, 0.15) is 32.9 Å². The van der Waals surface area contributed by atoms with Crippen molar-refractivity contribution in [1.29, 1.82) is 0 Å². The van der Waals surface area contributed by atoms with Crippen LogP contribution < -0.4 is 15.5 Å². The van der Waals surface area contributed by atoms with Crippen molar-refractivity contribution in [3.05, 3.63) is 51.2 Å². The second kappa shape index (κ2) is 10.2. The van der Waals surface area contributed by atoms with E-state index in [1.165, 1.54) is 11.3 Å². The van der Waals surface area contributed by atoms with Crippen LogP contribution in [0.4, 0.5) is 5.69 Å². The molecule has 1 aliphatic carbocycles. The lowest BCUT2D eigenvalue weighted by molar-refractivity contribution is -0.120. The van der Waals surface area contributed by atoms with E-state index in [1.807, 2.05) is 11.9 Å². The summed E-state index contributed by atoms with van der Waals surface area (Å²) in [7, 11) is 1.91. The minimum atomic E-state index is -0.298. The highest BCUT2D eigenvalue weighted by atomic mass is 35.5. The number of likely N-dealkylation sites (N-methyl/N-ethyl adjacent to an activating group) is 1. The molecule has 3 N–H and O–H groups in total. The summed E-state index contributed by atoms with van der Waals surface area (Å²) >= 11 is 7.13. The van der Waals surface area contributed by atoms with E-state index in [2.05, 4.69) is 10.6 Å². The zero-order valence-corrected chi connectivity index (χ0v) is 19.9. The summed E-state index contributed by atoms with van der Waals surface area (Å²) < 4.78 is 0.534.